The summed E-state index contributed by atoms with van der Waals surface area (Å²) in [7, 11) is 5.43. The number of amides is 3. The van der Waals surface area contributed by atoms with Crippen molar-refractivity contribution in [2.45, 2.75) is 48.1 Å². The number of rotatable bonds is 5. The topological polar surface area (TPSA) is 104 Å². The lowest BCUT2D eigenvalue weighted by molar-refractivity contribution is -0.134. The lowest BCUT2D eigenvalue weighted by Gasteiger charge is -2.36. The number of alkyl halides is 3. The number of likely N-dealkylation sites (N-methyl/N-ethyl adjacent to an activating group) is 1. The van der Waals surface area contributed by atoms with Crippen molar-refractivity contribution in [3.8, 4) is 0 Å². The summed E-state index contributed by atoms with van der Waals surface area (Å²) in [5, 5.41) is 6.11. The molecule has 13 heteroatoms. The number of halogens is 3. The average Bonchev–Trinajstić information content (AvgIpc) is 3.15. The van der Waals surface area contributed by atoms with E-state index in [4.69, 9.17) is 39.5 Å². The van der Waals surface area contributed by atoms with Crippen LogP contribution in [0.5, 0.6) is 0 Å². The quantitative estimate of drug-likeness (QED) is 0.557. The van der Waals surface area contributed by atoms with Crippen molar-refractivity contribution < 1.29 is 19.1 Å². The predicted molar refractivity (Wildman–Crippen MR) is 128 cm³/mol. The van der Waals surface area contributed by atoms with Crippen molar-refractivity contribution in [3.05, 3.63) is 15.6 Å². The number of nitrogens with one attached hydrogen (secondary N) is 2. The van der Waals surface area contributed by atoms with Gasteiger partial charge < -0.3 is 25.2 Å². The maximum Gasteiger partial charge on any atom is 0.407 e. The van der Waals surface area contributed by atoms with Gasteiger partial charge in [-0.05, 0) is 26.3 Å². The van der Waals surface area contributed by atoms with Crippen molar-refractivity contribution in [2.24, 2.45) is 5.92 Å². The monoisotopic (exact) mass is 539 g/mol. The highest BCUT2D eigenvalue weighted by Crippen LogP contribution is 2.29. The lowest BCUT2D eigenvalue weighted by atomic mass is 9.81. The number of ether oxygens (including phenoxy) is 1. The molecule has 9 nitrogen and oxygen atoms in total. The third kappa shape index (κ3) is 7.32. The van der Waals surface area contributed by atoms with E-state index in [1.807, 2.05) is 7.05 Å². The molecule has 1 aromatic rings. The highest BCUT2D eigenvalue weighted by Gasteiger charge is 2.37. The van der Waals surface area contributed by atoms with Crippen molar-refractivity contribution in [2.75, 3.05) is 34.3 Å². The lowest BCUT2D eigenvalue weighted by Crippen LogP contribution is -2.56. The van der Waals surface area contributed by atoms with Gasteiger partial charge in [-0.3, -0.25) is 9.59 Å². The fraction of sp³-hybridized carbons (Fsp3) is 0.700. The van der Waals surface area contributed by atoms with E-state index in [-0.39, 0.29) is 17.7 Å². The van der Waals surface area contributed by atoms with Crippen LogP contribution in [0.3, 0.4) is 0 Å². The molecular weight excluding hydrogens is 513 g/mol. The van der Waals surface area contributed by atoms with Crippen LogP contribution in [0, 0.1) is 5.92 Å². The van der Waals surface area contributed by atoms with Crippen LogP contribution in [-0.4, -0.2) is 82.9 Å². The molecule has 2 aliphatic rings. The van der Waals surface area contributed by atoms with Crippen molar-refractivity contribution in [1.82, 2.24) is 25.4 Å². The van der Waals surface area contributed by atoms with Crippen molar-refractivity contribution in [1.29, 1.82) is 0 Å². The highest BCUT2D eigenvalue weighted by molar-refractivity contribution is 7.13. The molecule has 1 fully saturated rings. The Hall–Kier alpha value is -1.33. The number of hydrogen-bond acceptors (Lipinski definition) is 7. The molecule has 1 saturated carbocycles. The van der Waals surface area contributed by atoms with Gasteiger partial charge in [-0.15, -0.1) is 11.3 Å². The number of carbonyl (C=O) groups is 3. The van der Waals surface area contributed by atoms with Gasteiger partial charge >= 0.3 is 6.09 Å². The molecule has 2 N–H and O–H groups in total. The number of alkyl carbamates (subject to hydrolysis) is 1. The zero-order valence-corrected chi connectivity index (χ0v) is 21.8. The number of fused-ring (bicyclic) bond motifs is 1. The van der Waals surface area contributed by atoms with Gasteiger partial charge in [0.2, 0.25) is 9.70 Å². The Kier molecular flexibility index (Phi) is 8.71. The second-order valence-electron chi connectivity index (χ2n) is 8.64. The van der Waals surface area contributed by atoms with Gasteiger partial charge in [0.05, 0.1) is 17.8 Å². The van der Waals surface area contributed by atoms with Gasteiger partial charge in [-0.25, -0.2) is 9.78 Å². The molecule has 1 aromatic heterocycles. The van der Waals surface area contributed by atoms with Crippen molar-refractivity contribution in [3.63, 3.8) is 0 Å². The van der Waals surface area contributed by atoms with Gasteiger partial charge in [0, 0.05) is 44.4 Å². The second kappa shape index (κ2) is 10.9. The Morgan fingerprint density at radius 2 is 1.94 bits per heavy atom. The second-order valence-corrected chi connectivity index (χ2v) is 12.2. The normalized spacial score (nSPS) is 23.4. The molecular formula is C20H28Cl3N5O4S. The summed E-state index contributed by atoms with van der Waals surface area (Å²) >= 11 is 18.3. The zero-order chi connectivity index (χ0) is 24.3. The van der Waals surface area contributed by atoms with E-state index in [2.05, 4.69) is 20.5 Å². The molecule has 1 aliphatic heterocycles. The Morgan fingerprint density at radius 1 is 1.21 bits per heavy atom. The fourth-order valence-corrected chi connectivity index (χ4v) is 5.34. The summed E-state index contributed by atoms with van der Waals surface area (Å²) in [5.74, 6) is -0.598. The van der Waals surface area contributed by atoms with E-state index in [0.29, 0.717) is 24.3 Å². The predicted octanol–water partition coefficient (Wildman–Crippen LogP) is 2.58. The zero-order valence-electron chi connectivity index (χ0n) is 18.7. The van der Waals surface area contributed by atoms with Crippen LogP contribution in [0.25, 0.3) is 0 Å². The average molecular weight is 541 g/mol. The van der Waals surface area contributed by atoms with Crippen LogP contribution in [0.1, 0.15) is 39.6 Å². The van der Waals surface area contributed by atoms with Crippen LogP contribution < -0.4 is 10.6 Å². The minimum Gasteiger partial charge on any atom is -0.445 e. The van der Waals surface area contributed by atoms with Gasteiger partial charge in [0.25, 0.3) is 5.91 Å². The molecule has 3 rings (SSSR count). The first-order valence-electron chi connectivity index (χ1n) is 10.6. The number of carbonyl (C=O) groups excluding carboxylic acids is 3. The molecule has 2 heterocycles. The van der Waals surface area contributed by atoms with Crippen LogP contribution in [0.4, 0.5) is 4.79 Å². The molecule has 0 spiro atoms. The first-order chi connectivity index (χ1) is 15.4. The molecule has 0 bridgehead atoms. The molecule has 1 aliphatic carbocycles. The SMILES string of the molecule is CN1CCc2nc(C(=O)N[C@H]3C[C@@H](C(=O)N(C)C)CC[C@@H]3NC(=O)OCC(Cl)(Cl)Cl)sc2C1. The van der Waals surface area contributed by atoms with Crippen LogP contribution >= 0.6 is 46.1 Å². The maximum atomic E-state index is 13.0. The van der Waals surface area contributed by atoms with Gasteiger partial charge in [-0.1, -0.05) is 34.8 Å². The summed E-state index contributed by atoms with van der Waals surface area (Å²) in [4.78, 5) is 47.2. The number of hydrogen-bond donors (Lipinski definition) is 2. The molecule has 0 unspecified atom stereocenters. The van der Waals surface area contributed by atoms with Crippen LogP contribution in [0.15, 0.2) is 0 Å². The van der Waals surface area contributed by atoms with E-state index in [1.54, 1.807) is 14.1 Å². The minimum absolute atomic E-state index is 0.0146. The van der Waals surface area contributed by atoms with Gasteiger partial charge in [0.1, 0.15) is 6.61 Å². The largest absolute Gasteiger partial charge is 0.445 e. The Balaban J connectivity index is 1.70. The molecule has 0 radical (unpaired) electrons. The summed E-state index contributed by atoms with van der Waals surface area (Å²) < 4.78 is 3.25. The maximum absolute atomic E-state index is 13.0. The van der Waals surface area contributed by atoms with E-state index in [9.17, 15) is 14.4 Å². The van der Waals surface area contributed by atoms with E-state index < -0.39 is 28.6 Å². The summed E-state index contributed by atoms with van der Waals surface area (Å²) in [6.45, 7) is 1.26. The molecule has 3 atom stereocenters. The fourth-order valence-electron chi connectivity index (χ4n) is 4.08. The van der Waals surface area contributed by atoms with E-state index in [0.717, 1.165) is 30.1 Å². The Morgan fingerprint density at radius 3 is 2.61 bits per heavy atom. The highest BCUT2D eigenvalue weighted by atomic mass is 35.6. The Labute approximate surface area is 212 Å². The molecule has 0 aromatic carbocycles. The number of nitrogens with zero attached hydrogens (tertiary/aromatic N) is 3. The van der Waals surface area contributed by atoms with Crippen LogP contribution in [-0.2, 0) is 22.5 Å². The Bertz CT molecular complexity index is 892. The van der Waals surface area contributed by atoms with Gasteiger partial charge in [0.15, 0.2) is 5.01 Å². The third-order valence-corrected chi connectivity index (χ3v) is 7.15. The molecule has 184 valence electrons. The molecule has 0 saturated heterocycles. The first kappa shape index (κ1) is 26.3. The summed E-state index contributed by atoms with van der Waals surface area (Å²) in [5.41, 5.74) is 0.956. The molecule has 33 heavy (non-hydrogen) atoms. The van der Waals surface area contributed by atoms with Gasteiger partial charge in [-0.2, -0.15) is 0 Å². The van der Waals surface area contributed by atoms with Crippen LogP contribution in [0.2, 0.25) is 0 Å². The summed E-state index contributed by atoms with van der Waals surface area (Å²) in [6.07, 6.45) is 1.48. The number of aromatic nitrogens is 1. The number of thiazole rings is 1. The first-order valence-corrected chi connectivity index (χ1v) is 12.6. The third-order valence-electron chi connectivity index (χ3n) is 5.74. The summed E-state index contributed by atoms with van der Waals surface area (Å²) in [6, 6.07) is -0.923. The smallest absolute Gasteiger partial charge is 0.407 e. The molecule has 3 amide bonds. The van der Waals surface area contributed by atoms with E-state index in [1.165, 1.54) is 16.2 Å². The standard InChI is InChI=1S/C20H28Cl3N5O4S/c1-27(2)18(30)11-4-5-12(26-19(31)32-10-20(21,22)23)14(8-11)24-16(29)17-25-13-6-7-28(3)9-15(13)33-17/h11-12,14H,4-10H2,1-3H3,(H,24,29)(H,26,31)/t11-,12-,14-/m0/s1. The van der Waals surface area contributed by atoms with E-state index >= 15 is 0 Å². The minimum atomic E-state index is -1.72. The van der Waals surface area contributed by atoms with Crippen molar-refractivity contribution >= 4 is 64.0 Å².